The van der Waals surface area contributed by atoms with Crippen LogP contribution in [0.15, 0.2) is 255 Å². The Hall–Kier alpha value is -8.78. The zero-order valence-corrected chi connectivity index (χ0v) is 36.0. The molecule has 0 radical (unpaired) electrons. The molecule has 0 saturated heterocycles. The maximum absolute atomic E-state index is 8.62. The molecule has 2 aliphatic rings. The number of hydrogen-bond donors (Lipinski definition) is 0. The Morgan fingerprint density at radius 3 is 1.05 bits per heavy atom. The number of para-hydroxylation sites is 4. The third-order valence-corrected chi connectivity index (χ3v) is 13.7. The lowest BCUT2D eigenvalue weighted by Crippen LogP contribution is -2.37. The molecular weight excluding hydrogens is 801 g/mol. The van der Waals surface area contributed by atoms with E-state index in [1.54, 1.807) is 0 Å². The summed E-state index contributed by atoms with van der Waals surface area (Å²) in [5.41, 5.74) is 15.8. The summed E-state index contributed by atoms with van der Waals surface area (Å²) in [4.78, 5) is 14.0. The number of pyridine rings is 1. The molecule has 0 amide bonds. The maximum atomic E-state index is 8.62. The molecule has 3 heterocycles. The molecule has 66 heavy (non-hydrogen) atoms. The monoisotopic (exact) mass is 842 g/mol. The van der Waals surface area contributed by atoms with Gasteiger partial charge < -0.3 is 4.90 Å². The molecule has 9 aromatic carbocycles. The third-order valence-electron chi connectivity index (χ3n) is 13.7. The number of nitrogens with zero attached hydrogens (tertiary/aromatic N) is 4. The van der Waals surface area contributed by atoms with Gasteiger partial charge in [-0.05, 0) is 104 Å². The highest BCUT2D eigenvalue weighted by Crippen LogP contribution is 2.60. The zero-order chi connectivity index (χ0) is 44.1. The summed E-state index contributed by atoms with van der Waals surface area (Å²) in [5, 5.41) is 0. The van der Waals surface area contributed by atoms with Gasteiger partial charge in [0.1, 0.15) is 5.82 Å². The van der Waals surface area contributed by atoms with E-state index in [0.29, 0.717) is 5.69 Å². The van der Waals surface area contributed by atoms with E-state index in [-0.39, 0.29) is 0 Å². The number of hydrogen-bond acceptors (Lipinski definition) is 3. The molecule has 0 saturated carbocycles. The van der Waals surface area contributed by atoms with Gasteiger partial charge >= 0.3 is 0 Å². The topological polar surface area (TPSA) is 23.7 Å². The van der Waals surface area contributed by atoms with Crippen molar-refractivity contribution in [2.45, 2.75) is 10.8 Å². The lowest BCUT2D eigenvalue weighted by atomic mass is 9.62. The summed E-state index contributed by atoms with van der Waals surface area (Å²) in [7, 11) is 0. The Labute approximate surface area is 385 Å². The molecule has 0 atom stereocenters. The van der Waals surface area contributed by atoms with Gasteiger partial charge in [0.2, 0.25) is 5.69 Å². The predicted octanol–water partition coefficient (Wildman–Crippen LogP) is 15.6. The van der Waals surface area contributed by atoms with Crippen LogP contribution in [0, 0.1) is 6.57 Å². The van der Waals surface area contributed by atoms with Crippen molar-refractivity contribution in [2.75, 3.05) is 9.80 Å². The maximum Gasteiger partial charge on any atom is 0.211 e. The molecule has 4 nitrogen and oxygen atoms in total. The number of anilines is 6. The van der Waals surface area contributed by atoms with Crippen LogP contribution in [0.3, 0.4) is 0 Å². The second-order valence-electron chi connectivity index (χ2n) is 16.9. The van der Waals surface area contributed by atoms with E-state index in [4.69, 9.17) is 11.6 Å². The van der Waals surface area contributed by atoms with Gasteiger partial charge in [-0.2, -0.15) is 0 Å². The minimum absolute atomic E-state index is 0.552. The molecule has 0 aliphatic carbocycles. The SMILES string of the molecule is [C-]#[N+]c1cc(-c2ccc(N3c4ccccc4C(c4ccccc4)(c4ccccc4)c4ccccc43)nc2)ccc1N1c2ccccc2C(c2ccccc2)(c2ccccc2)c2ccccc21. The standard InChI is InChI=1S/C62H42N4/c1-63-54-42-44(38-40-59(54)65-55-34-18-14-30-50(55)61(46-22-6-2-7-23-46,47-24-8-3-9-25-47)51-31-15-19-35-56(51)65)45-39-41-60(64-43-45)66-57-36-20-16-32-52(57)62(48-26-10-4-11-27-48,49-28-12-5-13-29-49)53-33-17-21-37-58(53)66/h2-43H. The van der Waals surface area contributed by atoms with Crippen LogP contribution in [-0.2, 0) is 10.8 Å². The quantitative estimate of drug-likeness (QED) is 0.149. The van der Waals surface area contributed by atoms with Gasteiger partial charge in [0.15, 0.2) is 0 Å². The van der Waals surface area contributed by atoms with E-state index in [2.05, 4.69) is 257 Å². The predicted molar refractivity (Wildman–Crippen MR) is 269 cm³/mol. The van der Waals surface area contributed by atoms with E-state index in [9.17, 15) is 0 Å². The molecule has 4 heteroatoms. The Kier molecular flexibility index (Phi) is 9.29. The Bertz CT molecular complexity index is 3260. The van der Waals surface area contributed by atoms with E-state index in [1.165, 1.54) is 33.4 Å². The number of benzene rings is 9. The van der Waals surface area contributed by atoms with Crippen LogP contribution in [-0.4, -0.2) is 4.98 Å². The van der Waals surface area contributed by atoms with Gasteiger partial charge in [0.25, 0.3) is 0 Å². The van der Waals surface area contributed by atoms with Gasteiger partial charge in [0, 0.05) is 17.6 Å². The van der Waals surface area contributed by atoms with Crippen LogP contribution in [0.2, 0.25) is 0 Å². The summed E-state index contributed by atoms with van der Waals surface area (Å²) in [6.45, 7) is 8.62. The molecule has 0 bridgehead atoms. The summed E-state index contributed by atoms with van der Waals surface area (Å²) in [6, 6.07) is 88.6. The van der Waals surface area contributed by atoms with Crippen LogP contribution in [0.5, 0.6) is 0 Å². The van der Waals surface area contributed by atoms with Gasteiger partial charge in [-0.25, -0.2) is 9.83 Å². The van der Waals surface area contributed by atoms with Crippen molar-refractivity contribution in [1.29, 1.82) is 0 Å². The van der Waals surface area contributed by atoms with Crippen LogP contribution >= 0.6 is 0 Å². The van der Waals surface area contributed by atoms with E-state index >= 15 is 0 Å². The molecule has 310 valence electrons. The van der Waals surface area contributed by atoms with Crippen LogP contribution in [0.4, 0.5) is 39.9 Å². The highest BCUT2D eigenvalue weighted by Gasteiger charge is 2.48. The van der Waals surface area contributed by atoms with Crippen molar-refractivity contribution in [2.24, 2.45) is 0 Å². The largest absolute Gasteiger partial charge is 0.320 e. The fourth-order valence-corrected chi connectivity index (χ4v) is 11.0. The second-order valence-corrected chi connectivity index (χ2v) is 16.9. The van der Waals surface area contributed by atoms with Crippen molar-refractivity contribution in [3.05, 3.63) is 311 Å². The first-order chi connectivity index (χ1) is 32.7. The highest BCUT2D eigenvalue weighted by atomic mass is 15.2. The van der Waals surface area contributed by atoms with Gasteiger partial charge in [-0.1, -0.05) is 200 Å². The van der Waals surface area contributed by atoms with Crippen molar-refractivity contribution in [3.63, 3.8) is 0 Å². The first-order valence-electron chi connectivity index (χ1n) is 22.4. The fraction of sp³-hybridized carbons (Fsp3) is 0.0323. The Morgan fingerprint density at radius 2 is 0.682 bits per heavy atom. The lowest BCUT2D eigenvalue weighted by molar-refractivity contribution is 0.730. The Balaban J connectivity index is 0.962. The summed E-state index contributed by atoms with van der Waals surface area (Å²) in [6.07, 6.45) is 1.94. The van der Waals surface area contributed by atoms with Gasteiger partial charge in [-0.15, -0.1) is 0 Å². The summed E-state index contributed by atoms with van der Waals surface area (Å²) >= 11 is 0. The number of aromatic nitrogens is 1. The molecule has 0 fully saturated rings. The first-order valence-corrected chi connectivity index (χ1v) is 22.4. The van der Waals surface area contributed by atoms with Crippen LogP contribution < -0.4 is 9.80 Å². The van der Waals surface area contributed by atoms with Gasteiger partial charge in [-0.3, -0.25) is 4.90 Å². The molecule has 0 spiro atoms. The van der Waals surface area contributed by atoms with Crippen molar-refractivity contribution in [3.8, 4) is 11.1 Å². The van der Waals surface area contributed by atoms with E-state index < -0.39 is 10.8 Å². The third kappa shape index (κ3) is 5.74. The number of rotatable bonds is 7. The zero-order valence-electron chi connectivity index (χ0n) is 36.0. The van der Waals surface area contributed by atoms with Crippen molar-refractivity contribution < 1.29 is 0 Å². The molecule has 0 unspecified atom stereocenters. The first kappa shape index (κ1) is 38.9. The van der Waals surface area contributed by atoms with Crippen molar-refractivity contribution >= 4 is 39.9 Å². The lowest BCUT2D eigenvalue weighted by Gasteiger charge is -2.46. The second kappa shape index (κ2) is 15.8. The molecule has 2 aliphatic heterocycles. The normalized spacial score (nSPS) is 13.9. The van der Waals surface area contributed by atoms with E-state index in [0.717, 1.165) is 56.5 Å². The van der Waals surface area contributed by atoms with E-state index in [1.807, 2.05) is 12.3 Å². The van der Waals surface area contributed by atoms with Crippen LogP contribution in [0.25, 0.3) is 16.0 Å². The number of fused-ring (bicyclic) bond motifs is 4. The van der Waals surface area contributed by atoms with Gasteiger partial charge in [0.05, 0.1) is 34.5 Å². The Morgan fingerprint density at radius 1 is 0.333 bits per heavy atom. The fourth-order valence-electron chi connectivity index (χ4n) is 11.0. The molecule has 1 aromatic heterocycles. The molecular formula is C62H42N4. The molecule has 0 N–H and O–H groups in total. The summed E-state index contributed by atoms with van der Waals surface area (Å²) < 4.78 is 0. The molecule has 10 aromatic rings. The smallest absolute Gasteiger partial charge is 0.211 e. The van der Waals surface area contributed by atoms with Crippen molar-refractivity contribution in [1.82, 2.24) is 4.98 Å². The minimum atomic E-state index is -0.586. The minimum Gasteiger partial charge on any atom is -0.320 e. The highest BCUT2D eigenvalue weighted by molar-refractivity contribution is 5.95. The molecule has 12 rings (SSSR count). The summed E-state index contributed by atoms with van der Waals surface area (Å²) in [5.74, 6) is 0.817. The average molecular weight is 843 g/mol. The van der Waals surface area contributed by atoms with Crippen LogP contribution in [0.1, 0.15) is 44.5 Å². The average Bonchev–Trinajstić information content (AvgIpc) is 3.40.